The maximum atomic E-state index is 2.23. The first-order chi connectivity index (χ1) is 8.84. The number of hydrogen-bond donors (Lipinski definition) is 0. The van der Waals surface area contributed by atoms with Crippen LogP contribution in [0.5, 0.6) is 0 Å². The third-order valence-corrected chi connectivity index (χ3v) is 3.80. The van der Waals surface area contributed by atoms with Crippen LogP contribution in [-0.4, -0.2) is 0 Å². The molecule has 0 saturated heterocycles. The van der Waals surface area contributed by atoms with Crippen molar-refractivity contribution >= 4 is 6.08 Å². The molecule has 0 radical (unpaired) electrons. The normalized spacial score (nSPS) is 17.8. The molecule has 90 valence electrons. The number of allylic oxidation sites excluding steroid dienone is 7. The van der Waals surface area contributed by atoms with Crippen molar-refractivity contribution in [2.45, 2.75) is 26.2 Å². The molecule has 18 heavy (non-hydrogen) atoms. The molecule has 3 aliphatic rings. The monoisotopic (exact) mass is 234 g/mol. The zero-order chi connectivity index (χ0) is 12.4. The van der Waals surface area contributed by atoms with Crippen molar-refractivity contribution < 1.29 is 0 Å². The molecule has 0 fully saturated rings. The Bertz CT molecular complexity index is 560. The van der Waals surface area contributed by atoms with Crippen molar-refractivity contribution in [3.8, 4) is 0 Å². The molecule has 1 aromatic rings. The van der Waals surface area contributed by atoms with Crippen LogP contribution in [0.3, 0.4) is 0 Å². The van der Waals surface area contributed by atoms with Gasteiger partial charge in [0, 0.05) is 0 Å². The second-order valence-electron chi connectivity index (χ2n) is 5.02. The summed E-state index contributed by atoms with van der Waals surface area (Å²) in [5, 5.41) is 0. The zero-order valence-corrected chi connectivity index (χ0v) is 10.8. The van der Waals surface area contributed by atoms with Crippen LogP contribution in [0.1, 0.15) is 29.5 Å². The Morgan fingerprint density at radius 1 is 0.833 bits per heavy atom. The van der Waals surface area contributed by atoms with E-state index in [0.717, 1.165) is 6.42 Å². The fraction of sp³-hybridized carbons (Fsp3) is 0.222. The summed E-state index contributed by atoms with van der Waals surface area (Å²) in [4.78, 5) is 0. The lowest BCUT2D eigenvalue weighted by molar-refractivity contribution is 1.15. The summed E-state index contributed by atoms with van der Waals surface area (Å²) in [6.45, 7) is 2.17. The van der Waals surface area contributed by atoms with Gasteiger partial charge < -0.3 is 0 Å². The molecule has 1 aromatic carbocycles. The average Bonchev–Trinajstić information content (AvgIpc) is 3.06. The van der Waals surface area contributed by atoms with Crippen molar-refractivity contribution in [2.24, 2.45) is 0 Å². The van der Waals surface area contributed by atoms with Crippen molar-refractivity contribution in [2.75, 3.05) is 0 Å². The van der Waals surface area contributed by atoms with Crippen molar-refractivity contribution in [3.63, 3.8) is 0 Å². The first-order valence-corrected chi connectivity index (χ1v) is 6.65. The highest BCUT2D eigenvalue weighted by molar-refractivity contribution is 5.61. The van der Waals surface area contributed by atoms with Gasteiger partial charge in [0.05, 0.1) is 0 Å². The Morgan fingerprint density at radius 3 is 2.22 bits per heavy atom. The number of fused-ring (bicyclic) bond motifs is 1. The van der Waals surface area contributed by atoms with Crippen LogP contribution in [0.2, 0.25) is 0 Å². The third kappa shape index (κ3) is 2.11. The highest BCUT2D eigenvalue weighted by Gasteiger charge is 2.08. The molecule has 4 rings (SSSR count). The predicted octanol–water partition coefficient (Wildman–Crippen LogP) is 4.77. The van der Waals surface area contributed by atoms with Gasteiger partial charge in [0.15, 0.2) is 0 Å². The van der Waals surface area contributed by atoms with E-state index in [-0.39, 0.29) is 0 Å². The Hall–Kier alpha value is -1.82. The summed E-state index contributed by atoms with van der Waals surface area (Å²) in [5.74, 6) is 0. The molecule has 0 amide bonds. The quantitative estimate of drug-likeness (QED) is 0.606. The molecule has 0 spiro atoms. The van der Waals surface area contributed by atoms with Crippen LogP contribution in [0.25, 0.3) is 6.08 Å². The largest absolute Gasteiger partial charge is 0.0798 e. The second-order valence-corrected chi connectivity index (χ2v) is 5.02. The number of hydrogen-bond acceptors (Lipinski definition) is 0. The lowest BCUT2D eigenvalue weighted by atomic mass is 10.0. The molecule has 0 aromatic heterocycles. The van der Waals surface area contributed by atoms with Crippen molar-refractivity contribution in [3.05, 3.63) is 76.4 Å². The molecular weight excluding hydrogens is 216 g/mol. The minimum atomic E-state index is 1.13. The van der Waals surface area contributed by atoms with Crippen LogP contribution in [0.4, 0.5) is 0 Å². The van der Waals surface area contributed by atoms with Crippen LogP contribution in [0.15, 0.2) is 59.7 Å². The summed E-state index contributed by atoms with van der Waals surface area (Å²) in [7, 11) is 0. The van der Waals surface area contributed by atoms with E-state index < -0.39 is 0 Å². The molecule has 0 bridgehead atoms. The number of rotatable bonds is 0. The van der Waals surface area contributed by atoms with Crippen LogP contribution < -0.4 is 0 Å². The summed E-state index contributed by atoms with van der Waals surface area (Å²) < 4.78 is 0. The summed E-state index contributed by atoms with van der Waals surface area (Å²) in [6, 6.07) is 6.46. The van der Waals surface area contributed by atoms with Gasteiger partial charge in [-0.05, 0) is 48.4 Å². The van der Waals surface area contributed by atoms with E-state index in [9.17, 15) is 0 Å². The Morgan fingerprint density at radius 2 is 1.56 bits per heavy atom. The minimum absolute atomic E-state index is 1.13. The average molecular weight is 234 g/mol. The zero-order valence-electron chi connectivity index (χ0n) is 10.8. The van der Waals surface area contributed by atoms with E-state index >= 15 is 0 Å². The fourth-order valence-corrected chi connectivity index (χ4v) is 2.73. The SMILES string of the molecule is C1=CC2=C(C1)CC=C2.Cc1cccc2c1CC=C2. The maximum absolute atomic E-state index is 2.23. The lowest BCUT2D eigenvalue weighted by Gasteiger charge is -2.00. The van der Waals surface area contributed by atoms with Gasteiger partial charge in [-0.1, -0.05) is 60.2 Å². The highest BCUT2D eigenvalue weighted by atomic mass is 14.1. The van der Waals surface area contributed by atoms with Gasteiger partial charge >= 0.3 is 0 Å². The van der Waals surface area contributed by atoms with E-state index in [0.29, 0.717) is 0 Å². The van der Waals surface area contributed by atoms with E-state index in [2.05, 4.69) is 61.6 Å². The molecule has 0 heterocycles. The van der Waals surface area contributed by atoms with E-state index in [4.69, 9.17) is 0 Å². The van der Waals surface area contributed by atoms with Crippen LogP contribution >= 0.6 is 0 Å². The lowest BCUT2D eigenvalue weighted by Crippen LogP contribution is -1.84. The third-order valence-electron chi connectivity index (χ3n) is 3.80. The molecular formula is C18H18. The van der Waals surface area contributed by atoms with Crippen molar-refractivity contribution in [1.82, 2.24) is 0 Å². The van der Waals surface area contributed by atoms with Gasteiger partial charge in [-0.25, -0.2) is 0 Å². The second kappa shape index (κ2) is 4.81. The molecule has 0 heteroatoms. The Kier molecular flexibility index (Phi) is 3.02. The van der Waals surface area contributed by atoms with E-state index in [1.165, 1.54) is 35.1 Å². The molecule has 3 aliphatic carbocycles. The Labute approximate surface area is 109 Å². The number of aryl methyl sites for hydroxylation is 1. The van der Waals surface area contributed by atoms with Gasteiger partial charge in [0.25, 0.3) is 0 Å². The first kappa shape index (κ1) is 11.3. The molecule has 0 aliphatic heterocycles. The van der Waals surface area contributed by atoms with Gasteiger partial charge in [0.1, 0.15) is 0 Å². The molecule has 0 unspecified atom stereocenters. The molecule has 0 atom stereocenters. The molecule has 0 N–H and O–H groups in total. The highest BCUT2D eigenvalue weighted by Crippen LogP contribution is 2.27. The molecule has 0 saturated carbocycles. The fourth-order valence-electron chi connectivity index (χ4n) is 2.73. The maximum Gasteiger partial charge on any atom is -0.00855 e. The topological polar surface area (TPSA) is 0 Å². The van der Waals surface area contributed by atoms with Crippen LogP contribution in [0, 0.1) is 6.92 Å². The predicted molar refractivity (Wildman–Crippen MR) is 78.5 cm³/mol. The van der Waals surface area contributed by atoms with Gasteiger partial charge in [-0.15, -0.1) is 0 Å². The van der Waals surface area contributed by atoms with Gasteiger partial charge in [-0.2, -0.15) is 0 Å². The minimum Gasteiger partial charge on any atom is -0.0798 e. The van der Waals surface area contributed by atoms with Gasteiger partial charge in [0.2, 0.25) is 0 Å². The first-order valence-electron chi connectivity index (χ1n) is 6.65. The van der Waals surface area contributed by atoms with Gasteiger partial charge in [-0.3, -0.25) is 0 Å². The van der Waals surface area contributed by atoms with Crippen LogP contribution in [-0.2, 0) is 6.42 Å². The molecule has 0 nitrogen and oxygen atoms in total. The summed E-state index contributed by atoms with van der Waals surface area (Å²) in [6.07, 6.45) is 16.8. The number of benzene rings is 1. The van der Waals surface area contributed by atoms with Crippen molar-refractivity contribution in [1.29, 1.82) is 0 Å². The summed E-state index contributed by atoms with van der Waals surface area (Å²) in [5.41, 5.74) is 7.39. The Balaban J connectivity index is 0.000000114. The van der Waals surface area contributed by atoms with E-state index in [1.807, 2.05) is 0 Å². The smallest absolute Gasteiger partial charge is 0.00855 e. The standard InChI is InChI=1S/C10H10.C8H8/c1-8-4-2-5-9-6-3-7-10(8)9;1-3-7-5-2-6-8(7)4-1/h2-6H,7H2,1H3;1-3,5H,4,6H2. The summed E-state index contributed by atoms with van der Waals surface area (Å²) >= 11 is 0. The van der Waals surface area contributed by atoms with E-state index in [1.54, 1.807) is 5.57 Å².